The molecular formula is C18H23Cl2N3O4S. The molecule has 10 heteroatoms. The third kappa shape index (κ3) is 8.53. The van der Waals surface area contributed by atoms with Gasteiger partial charge in [-0.1, -0.05) is 23.2 Å². The molecule has 4 N–H and O–H groups in total. The number of hydrogen-bond acceptors (Lipinski definition) is 6. The van der Waals surface area contributed by atoms with Crippen molar-refractivity contribution in [2.45, 2.75) is 6.10 Å². The lowest BCUT2D eigenvalue weighted by molar-refractivity contribution is 0.107. The molecule has 0 aliphatic carbocycles. The Kier molecular flexibility index (Phi) is 8.65. The quantitative estimate of drug-likeness (QED) is 0.395. The molecule has 0 radical (unpaired) electrons. The number of anilines is 2. The molecule has 2 rings (SSSR count). The maximum Gasteiger partial charge on any atom is 0.229 e. The fourth-order valence-electron chi connectivity index (χ4n) is 2.25. The number of benzene rings is 2. The van der Waals surface area contributed by atoms with Gasteiger partial charge in [0.05, 0.1) is 16.3 Å². The second-order valence-electron chi connectivity index (χ2n) is 6.12. The van der Waals surface area contributed by atoms with Crippen LogP contribution >= 0.6 is 23.2 Å². The Morgan fingerprint density at radius 2 is 1.71 bits per heavy atom. The van der Waals surface area contributed by atoms with E-state index in [1.165, 1.54) is 0 Å². The van der Waals surface area contributed by atoms with Crippen molar-refractivity contribution in [2.75, 3.05) is 42.5 Å². The topological polar surface area (TPSA) is 99.7 Å². The van der Waals surface area contributed by atoms with E-state index in [1.54, 1.807) is 36.4 Å². The Labute approximate surface area is 175 Å². The molecule has 0 bridgehead atoms. The summed E-state index contributed by atoms with van der Waals surface area (Å²) in [6.45, 7) is 1.78. The third-order valence-electron chi connectivity index (χ3n) is 3.53. The van der Waals surface area contributed by atoms with Crippen LogP contribution in [0.5, 0.6) is 5.75 Å². The first-order valence-electron chi connectivity index (χ1n) is 8.51. The van der Waals surface area contributed by atoms with Crippen LogP contribution in [0.1, 0.15) is 0 Å². The molecule has 0 fully saturated rings. The van der Waals surface area contributed by atoms with Crippen molar-refractivity contribution >= 4 is 44.6 Å². The average molecular weight is 448 g/mol. The van der Waals surface area contributed by atoms with E-state index >= 15 is 0 Å². The number of hydrogen-bond donors (Lipinski definition) is 4. The van der Waals surface area contributed by atoms with E-state index in [-0.39, 0.29) is 6.61 Å². The van der Waals surface area contributed by atoms with Gasteiger partial charge in [-0.2, -0.15) is 0 Å². The van der Waals surface area contributed by atoms with Crippen LogP contribution in [0.25, 0.3) is 0 Å². The molecule has 0 aliphatic heterocycles. The second kappa shape index (κ2) is 10.7. The molecule has 0 aliphatic rings. The number of rotatable bonds is 11. The molecule has 7 nitrogen and oxygen atoms in total. The smallest absolute Gasteiger partial charge is 0.229 e. The largest absolute Gasteiger partial charge is 0.491 e. The van der Waals surface area contributed by atoms with Gasteiger partial charge < -0.3 is 20.5 Å². The van der Waals surface area contributed by atoms with E-state index in [4.69, 9.17) is 27.9 Å². The lowest BCUT2D eigenvalue weighted by Crippen LogP contribution is -2.34. The monoisotopic (exact) mass is 447 g/mol. The molecule has 28 heavy (non-hydrogen) atoms. The Morgan fingerprint density at radius 3 is 2.36 bits per heavy atom. The molecule has 0 spiro atoms. The summed E-state index contributed by atoms with van der Waals surface area (Å²) >= 11 is 11.8. The van der Waals surface area contributed by atoms with E-state index in [9.17, 15) is 13.5 Å². The van der Waals surface area contributed by atoms with Gasteiger partial charge in [0, 0.05) is 31.0 Å². The molecule has 1 unspecified atom stereocenters. The summed E-state index contributed by atoms with van der Waals surface area (Å²) in [6.07, 6.45) is 0.403. The fraction of sp³-hybridized carbons (Fsp3) is 0.333. The highest BCUT2D eigenvalue weighted by Gasteiger charge is 2.06. The summed E-state index contributed by atoms with van der Waals surface area (Å²) in [4.78, 5) is 0. The number of halogens is 2. The first-order chi connectivity index (χ1) is 13.2. The van der Waals surface area contributed by atoms with E-state index < -0.39 is 16.1 Å². The van der Waals surface area contributed by atoms with Crippen LogP contribution in [-0.4, -0.2) is 52.1 Å². The first kappa shape index (κ1) is 22.6. The van der Waals surface area contributed by atoms with Crippen molar-refractivity contribution in [3.05, 3.63) is 52.5 Å². The fourth-order valence-corrected chi connectivity index (χ4v) is 3.12. The molecule has 0 aromatic heterocycles. The van der Waals surface area contributed by atoms with Crippen molar-refractivity contribution in [1.29, 1.82) is 0 Å². The lowest BCUT2D eigenvalue weighted by Gasteiger charge is -2.14. The van der Waals surface area contributed by atoms with Gasteiger partial charge in [0.25, 0.3) is 0 Å². The van der Waals surface area contributed by atoms with Gasteiger partial charge in [0.1, 0.15) is 18.5 Å². The van der Waals surface area contributed by atoms with Gasteiger partial charge in [-0.05, 0) is 42.5 Å². The minimum absolute atomic E-state index is 0.117. The standard InChI is InChI=1S/C18H23Cl2N3O4S/c1-28(25,26)23-13-2-5-16(6-3-13)27-12-15(24)11-21-8-9-22-14-4-7-17(19)18(20)10-14/h2-7,10,15,21-24H,8-9,11-12H2,1H3. The first-order valence-corrected chi connectivity index (χ1v) is 11.2. The van der Waals surface area contributed by atoms with E-state index in [2.05, 4.69) is 15.4 Å². The van der Waals surface area contributed by atoms with Crippen molar-refractivity contribution in [3.63, 3.8) is 0 Å². The Hall–Kier alpha value is -1.71. The van der Waals surface area contributed by atoms with Crippen molar-refractivity contribution < 1.29 is 18.3 Å². The number of aliphatic hydroxyl groups excluding tert-OH is 1. The molecule has 0 saturated carbocycles. The number of ether oxygens (including phenoxy) is 1. The Balaban J connectivity index is 1.62. The molecule has 2 aromatic rings. The SMILES string of the molecule is CS(=O)(=O)Nc1ccc(OCC(O)CNCCNc2ccc(Cl)c(Cl)c2)cc1. The predicted octanol–water partition coefficient (Wildman–Crippen LogP) is 2.81. The molecule has 0 amide bonds. The number of aliphatic hydroxyl groups is 1. The Bertz CT molecular complexity index is 864. The summed E-state index contributed by atoms with van der Waals surface area (Å²) in [6, 6.07) is 11.8. The van der Waals surface area contributed by atoms with Crippen LogP contribution in [0.15, 0.2) is 42.5 Å². The summed E-state index contributed by atoms with van der Waals surface area (Å²) in [5, 5.41) is 17.3. The zero-order valence-corrected chi connectivity index (χ0v) is 17.6. The summed E-state index contributed by atoms with van der Waals surface area (Å²) in [7, 11) is -3.31. The normalized spacial score (nSPS) is 12.4. The zero-order valence-electron chi connectivity index (χ0n) is 15.3. The van der Waals surface area contributed by atoms with Crippen molar-refractivity contribution in [1.82, 2.24) is 5.32 Å². The maximum absolute atomic E-state index is 11.2. The molecule has 154 valence electrons. The predicted molar refractivity (Wildman–Crippen MR) is 114 cm³/mol. The highest BCUT2D eigenvalue weighted by atomic mass is 35.5. The van der Waals surface area contributed by atoms with Crippen LogP contribution in [0.2, 0.25) is 10.0 Å². The third-order valence-corrected chi connectivity index (χ3v) is 4.88. The molecule has 0 heterocycles. The van der Waals surface area contributed by atoms with Gasteiger partial charge >= 0.3 is 0 Å². The zero-order chi connectivity index (χ0) is 20.6. The van der Waals surface area contributed by atoms with Gasteiger partial charge in [0.15, 0.2) is 0 Å². The summed E-state index contributed by atoms with van der Waals surface area (Å²) in [5.41, 5.74) is 1.32. The van der Waals surface area contributed by atoms with E-state index in [0.717, 1.165) is 11.9 Å². The van der Waals surface area contributed by atoms with Crippen LogP contribution < -0.4 is 20.1 Å². The average Bonchev–Trinajstić information content (AvgIpc) is 2.62. The van der Waals surface area contributed by atoms with E-state index in [1.807, 2.05) is 6.07 Å². The van der Waals surface area contributed by atoms with Crippen LogP contribution in [0.3, 0.4) is 0 Å². The summed E-state index contributed by atoms with van der Waals surface area (Å²) in [5.74, 6) is 0.541. The van der Waals surface area contributed by atoms with Crippen molar-refractivity contribution in [2.24, 2.45) is 0 Å². The maximum atomic E-state index is 11.2. The summed E-state index contributed by atoms with van der Waals surface area (Å²) < 4.78 is 30.2. The lowest BCUT2D eigenvalue weighted by atomic mass is 10.3. The van der Waals surface area contributed by atoms with Crippen molar-refractivity contribution in [3.8, 4) is 5.75 Å². The minimum atomic E-state index is -3.31. The van der Waals surface area contributed by atoms with Crippen LogP contribution in [-0.2, 0) is 10.0 Å². The number of sulfonamides is 1. The minimum Gasteiger partial charge on any atom is -0.491 e. The highest BCUT2D eigenvalue weighted by molar-refractivity contribution is 7.92. The molecular weight excluding hydrogens is 425 g/mol. The molecule has 0 saturated heterocycles. The highest BCUT2D eigenvalue weighted by Crippen LogP contribution is 2.24. The molecule has 1 atom stereocenters. The second-order valence-corrected chi connectivity index (χ2v) is 8.69. The van der Waals surface area contributed by atoms with E-state index in [0.29, 0.717) is 41.1 Å². The van der Waals surface area contributed by atoms with Gasteiger partial charge in [-0.25, -0.2) is 8.42 Å². The molecule has 2 aromatic carbocycles. The van der Waals surface area contributed by atoms with Gasteiger partial charge in [0.2, 0.25) is 10.0 Å². The van der Waals surface area contributed by atoms with Gasteiger partial charge in [-0.3, -0.25) is 4.72 Å². The van der Waals surface area contributed by atoms with Crippen LogP contribution in [0.4, 0.5) is 11.4 Å². The van der Waals surface area contributed by atoms with Crippen LogP contribution in [0, 0.1) is 0 Å². The van der Waals surface area contributed by atoms with Gasteiger partial charge in [-0.15, -0.1) is 0 Å². The Morgan fingerprint density at radius 1 is 1.04 bits per heavy atom. The number of nitrogens with one attached hydrogen (secondary N) is 3.